The summed E-state index contributed by atoms with van der Waals surface area (Å²) in [6.07, 6.45) is 1.72. The van der Waals surface area contributed by atoms with Crippen molar-refractivity contribution in [2.75, 3.05) is 19.7 Å². The van der Waals surface area contributed by atoms with Crippen LogP contribution in [0.1, 0.15) is 24.8 Å². The number of sulfone groups is 1. The molecular formula is C22H27NO5S. The molecule has 0 aromatic heterocycles. The number of nitrogens with one attached hydrogen (secondary N) is 1. The molecule has 0 radical (unpaired) electrons. The minimum Gasteiger partial charge on any atom is -0.448 e. The van der Waals surface area contributed by atoms with Crippen molar-refractivity contribution in [3.63, 3.8) is 0 Å². The molecule has 1 heterocycles. The molecule has 29 heavy (non-hydrogen) atoms. The van der Waals surface area contributed by atoms with Crippen molar-refractivity contribution in [2.45, 2.75) is 36.2 Å². The van der Waals surface area contributed by atoms with Crippen molar-refractivity contribution in [1.82, 2.24) is 5.32 Å². The molecule has 0 saturated carbocycles. The van der Waals surface area contributed by atoms with E-state index in [-0.39, 0.29) is 23.2 Å². The highest BCUT2D eigenvalue weighted by atomic mass is 32.2. The Labute approximate surface area is 172 Å². The first-order valence-electron chi connectivity index (χ1n) is 9.76. The van der Waals surface area contributed by atoms with E-state index in [0.717, 1.165) is 31.5 Å². The zero-order valence-electron chi connectivity index (χ0n) is 16.3. The van der Waals surface area contributed by atoms with Crippen LogP contribution < -0.4 is 5.32 Å². The van der Waals surface area contributed by atoms with E-state index in [4.69, 9.17) is 9.47 Å². The SMILES string of the molecule is O=COC(CC1(COCc2ccccc2)CCNCC1)S(=O)(=O)c1ccccc1. The van der Waals surface area contributed by atoms with E-state index < -0.39 is 15.3 Å². The molecule has 0 spiro atoms. The highest BCUT2D eigenvalue weighted by Gasteiger charge is 2.41. The van der Waals surface area contributed by atoms with Crippen molar-refractivity contribution in [2.24, 2.45) is 5.41 Å². The van der Waals surface area contributed by atoms with Gasteiger partial charge in [-0.25, -0.2) is 8.42 Å². The van der Waals surface area contributed by atoms with Crippen molar-refractivity contribution in [3.05, 3.63) is 66.2 Å². The molecule has 1 aliphatic rings. The smallest absolute Gasteiger partial charge is 0.294 e. The maximum atomic E-state index is 13.1. The fraction of sp³-hybridized carbons (Fsp3) is 0.409. The van der Waals surface area contributed by atoms with Crippen molar-refractivity contribution < 1.29 is 22.7 Å². The molecule has 1 fully saturated rings. The predicted octanol–water partition coefficient (Wildman–Crippen LogP) is 2.94. The Morgan fingerprint density at radius 3 is 2.24 bits per heavy atom. The van der Waals surface area contributed by atoms with Crippen LogP contribution in [-0.2, 0) is 30.7 Å². The van der Waals surface area contributed by atoms with Gasteiger partial charge in [-0.3, -0.25) is 4.79 Å². The predicted molar refractivity (Wildman–Crippen MR) is 110 cm³/mol. The second-order valence-electron chi connectivity index (χ2n) is 7.45. The standard InChI is InChI=1S/C22H27NO5S/c24-18-28-21(29(25,26)20-9-5-2-6-10-20)15-22(11-13-23-14-12-22)17-27-16-19-7-3-1-4-8-19/h1-10,18,21,23H,11-17H2. The Morgan fingerprint density at radius 2 is 1.62 bits per heavy atom. The van der Waals surface area contributed by atoms with Gasteiger partial charge >= 0.3 is 0 Å². The van der Waals surface area contributed by atoms with E-state index in [1.54, 1.807) is 18.2 Å². The van der Waals surface area contributed by atoms with Gasteiger partial charge in [0.25, 0.3) is 6.47 Å². The fourth-order valence-electron chi connectivity index (χ4n) is 3.73. The molecule has 0 amide bonds. The molecule has 0 bridgehead atoms. The number of carbonyl (C=O) groups is 1. The molecule has 2 aromatic rings. The average molecular weight is 418 g/mol. The van der Waals surface area contributed by atoms with Gasteiger partial charge in [-0.05, 0) is 43.6 Å². The fourth-order valence-corrected chi connectivity index (χ4v) is 5.34. The van der Waals surface area contributed by atoms with Crippen molar-refractivity contribution >= 4 is 16.3 Å². The van der Waals surface area contributed by atoms with Crippen LogP contribution in [-0.4, -0.2) is 40.0 Å². The highest BCUT2D eigenvalue weighted by molar-refractivity contribution is 7.92. The molecule has 1 unspecified atom stereocenters. The quantitative estimate of drug-likeness (QED) is 0.599. The summed E-state index contributed by atoms with van der Waals surface area (Å²) >= 11 is 0. The topological polar surface area (TPSA) is 81.7 Å². The highest BCUT2D eigenvalue weighted by Crippen LogP contribution is 2.37. The van der Waals surface area contributed by atoms with Crippen molar-refractivity contribution in [3.8, 4) is 0 Å². The number of ether oxygens (including phenoxy) is 2. The molecular weight excluding hydrogens is 390 g/mol. The van der Waals surface area contributed by atoms with Crippen LogP contribution in [0.25, 0.3) is 0 Å². The van der Waals surface area contributed by atoms with E-state index in [9.17, 15) is 13.2 Å². The summed E-state index contributed by atoms with van der Waals surface area (Å²) < 4.78 is 37.3. The Balaban J connectivity index is 1.76. The Morgan fingerprint density at radius 1 is 1.00 bits per heavy atom. The summed E-state index contributed by atoms with van der Waals surface area (Å²) in [5, 5.41) is 3.31. The van der Waals surface area contributed by atoms with E-state index in [0.29, 0.717) is 13.2 Å². The van der Waals surface area contributed by atoms with Gasteiger partial charge < -0.3 is 14.8 Å². The van der Waals surface area contributed by atoms with Crippen LogP contribution in [0, 0.1) is 5.41 Å². The summed E-state index contributed by atoms with van der Waals surface area (Å²) in [7, 11) is -3.81. The van der Waals surface area contributed by atoms with Gasteiger partial charge in [0.15, 0.2) is 0 Å². The third kappa shape index (κ3) is 5.65. The van der Waals surface area contributed by atoms with Gasteiger partial charge in [0.05, 0.1) is 18.1 Å². The zero-order chi connectivity index (χ0) is 20.6. The molecule has 2 aromatic carbocycles. The molecule has 3 rings (SSSR count). The lowest BCUT2D eigenvalue weighted by atomic mass is 9.77. The first kappa shape index (κ1) is 21.5. The number of benzene rings is 2. The first-order valence-corrected chi connectivity index (χ1v) is 11.3. The Bertz CT molecular complexity index is 865. The second kappa shape index (κ2) is 10.0. The van der Waals surface area contributed by atoms with Crippen LogP contribution in [0.2, 0.25) is 0 Å². The van der Waals surface area contributed by atoms with Gasteiger partial charge in [0.2, 0.25) is 15.3 Å². The van der Waals surface area contributed by atoms with E-state index in [1.807, 2.05) is 30.3 Å². The molecule has 1 atom stereocenters. The average Bonchev–Trinajstić information content (AvgIpc) is 2.75. The van der Waals surface area contributed by atoms with Gasteiger partial charge in [0, 0.05) is 11.8 Å². The number of hydrogen-bond donors (Lipinski definition) is 1. The lowest BCUT2D eigenvalue weighted by Gasteiger charge is -2.39. The van der Waals surface area contributed by atoms with Crippen LogP contribution in [0.15, 0.2) is 65.6 Å². The summed E-state index contributed by atoms with van der Waals surface area (Å²) in [6.45, 7) is 2.64. The largest absolute Gasteiger partial charge is 0.448 e. The molecule has 1 saturated heterocycles. The van der Waals surface area contributed by atoms with Gasteiger partial charge in [0.1, 0.15) is 0 Å². The Hall–Kier alpha value is -2.22. The maximum Gasteiger partial charge on any atom is 0.294 e. The van der Waals surface area contributed by atoms with E-state index in [2.05, 4.69) is 5.32 Å². The lowest BCUT2D eigenvalue weighted by molar-refractivity contribution is -0.132. The lowest BCUT2D eigenvalue weighted by Crippen LogP contribution is -2.43. The van der Waals surface area contributed by atoms with Gasteiger partial charge in [-0.2, -0.15) is 0 Å². The minimum absolute atomic E-state index is 0.154. The minimum atomic E-state index is -3.81. The summed E-state index contributed by atoms with van der Waals surface area (Å²) in [5.74, 6) is 0. The molecule has 6 nitrogen and oxygen atoms in total. The summed E-state index contributed by atoms with van der Waals surface area (Å²) in [4.78, 5) is 11.3. The van der Waals surface area contributed by atoms with Gasteiger partial charge in [-0.15, -0.1) is 0 Å². The maximum absolute atomic E-state index is 13.1. The molecule has 1 N–H and O–H groups in total. The third-order valence-electron chi connectivity index (χ3n) is 5.41. The van der Waals surface area contributed by atoms with Crippen LogP contribution in [0.5, 0.6) is 0 Å². The number of piperidine rings is 1. The van der Waals surface area contributed by atoms with E-state index in [1.165, 1.54) is 12.1 Å². The van der Waals surface area contributed by atoms with Gasteiger partial charge in [-0.1, -0.05) is 48.5 Å². The molecule has 7 heteroatoms. The van der Waals surface area contributed by atoms with Crippen molar-refractivity contribution in [1.29, 1.82) is 0 Å². The molecule has 1 aliphatic heterocycles. The molecule has 0 aliphatic carbocycles. The van der Waals surface area contributed by atoms with Crippen LogP contribution >= 0.6 is 0 Å². The second-order valence-corrected chi connectivity index (χ2v) is 9.54. The number of hydrogen-bond acceptors (Lipinski definition) is 6. The van der Waals surface area contributed by atoms with Crippen LogP contribution in [0.3, 0.4) is 0 Å². The van der Waals surface area contributed by atoms with E-state index >= 15 is 0 Å². The summed E-state index contributed by atoms with van der Waals surface area (Å²) in [6, 6.07) is 18.0. The number of rotatable bonds is 10. The molecule has 156 valence electrons. The summed E-state index contributed by atoms with van der Waals surface area (Å²) in [5.41, 5.74) is -0.551. The zero-order valence-corrected chi connectivity index (χ0v) is 17.1. The number of carbonyl (C=O) groups excluding carboxylic acids is 1. The Kier molecular flexibility index (Phi) is 7.41. The third-order valence-corrected chi connectivity index (χ3v) is 7.31. The first-order chi connectivity index (χ1) is 14.1. The monoisotopic (exact) mass is 417 g/mol. The normalized spacial score (nSPS) is 17.4. The van der Waals surface area contributed by atoms with Crippen LogP contribution in [0.4, 0.5) is 0 Å².